The van der Waals surface area contributed by atoms with Gasteiger partial charge in [0.2, 0.25) is 0 Å². The van der Waals surface area contributed by atoms with E-state index in [1.54, 1.807) is 0 Å². The number of guanidine groups is 1. The predicted octanol–water partition coefficient (Wildman–Crippen LogP) is 3.88. The van der Waals surface area contributed by atoms with Crippen LogP contribution in [0.1, 0.15) is 25.7 Å². The number of benzene rings is 1. The molecule has 2 aliphatic rings. The molecule has 1 aliphatic carbocycles. The van der Waals surface area contributed by atoms with E-state index in [2.05, 4.69) is 60.7 Å². The Kier molecular flexibility index (Phi) is 10.2. The van der Waals surface area contributed by atoms with E-state index in [1.807, 2.05) is 7.05 Å². The number of ether oxygens (including phenoxy) is 1. The van der Waals surface area contributed by atoms with Crippen LogP contribution in [0.3, 0.4) is 0 Å². The van der Waals surface area contributed by atoms with Crippen molar-refractivity contribution in [2.45, 2.75) is 25.7 Å². The minimum absolute atomic E-state index is 0. The lowest BCUT2D eigenvalue weighted by Crippen LogP contribution is -2.40. The number of nitrogens with zero attached hydrogens (tertiary/aromatic N) is 2. The number of hydrogen-bond acceptors (Lipinski definition) is 3. The van der Waals surface area contributed by atoms with Crippen molar-refractivity contribution < 1.29 is 4.74 Å². The number of aliphatic imine (C=N–C) groups is 1. The number of halogens is 2. The molecule has 2 fully saturated rings. The zero-order chi connectivity index (χ0) is 18.2. The van der Waals surface area contributed by atoms with E-state index in [0.29, 0.717) is 5.92 Å². The molecule has 1 heterocycles. The van der Waals surface area contributed by atoms with Crippen molar-refractivity contribution in [3.05, 3.63) is 28.7 Å². The Labute approximate surface area is 188 Å². The Balaban J connectivity index is 0.00000261. The standard InChI is InChI=1S/C20H31BrN4O.HI/c1-22-20(23-10-2-12-26-15-16-3-4-16)24-13-17-9-11-25(14-17)19-7-5-18(21)6-8-19;/h5-8,16-17H,2-4,9-15H2,1H3,(H2,22,23,24);1H. The van der Waals surface area contributed by atoms with Gasteiger partial charge in [-0.3, -0.25) is 4.99 Å². The zero-order valence-electron chi connectivity index (χ0n) is 16.1. The molecule has 5 nitrogen and oxygen atoms in total. The number of hydrogen-bond donors (Lipinski definition) is 2. The zero-order valence-corrected chi connectivity index (χ0v) is 20.0. The fourth-order valence-corrected chi connectivity index (χ4v) is 3.53. The third-order valence-corrected chi connectivity index (χ3v) is 5.60. The molecule has 1 unspecified atom stereocenters. The summed E-state index contributed by atoms with van der Waals surface area (Å²) in [5.74, 6) is 2.40. The van der Waals surface area contributed by atoms with Crippen LogP contribution < -0.4 is 15.5 Å². The van der Waals surface area contributed by atoms with Crippen LogP contribution in [0.25, 0.3) is 0 Å². The first-order chi connectivity index (χ1) is 12.7. The summed E-state index contributed by atoms with van der Waals surface area (Å²) in [6, 6.07) is 8.60. The molecular formula is C20H32BrIN4O. The molecular weight excluding hydrogens is 519 g/mol. The van der Waals surface area contributed by atoms with Crippen LogP contribution in [0.2, 0.25) is 0 Å². The summed E-state index contributed by atoms with van der Waals surface area (Å²) in [6.07, 6.45) is 4.95. The van der Waals surface area contributed by atoms with Gasteiger partial charge in [0.15, 0.2) is 5.96 Å². The molecule has 152 valence electrons. The summed E-state index contributed by atoms with van der Waals surface area (Å²) in [5, 5.41) is 6.86. The summed E-state index contributed by atoms with van der Waals surface area (Å²) >= 11 is 3.50. The molecule has 0 aromatic heterocycles. The van der Waals surface area contributed by atoms with Crippen molar-refractivity contribution in [1.29, 1.82) is 0 Å². The second-order valence-electron chi connectivity index (χ2n) is 7.33. The molecule has 0 radical (unpaired) electrons. The van der Waals surface area contributed by atoms with Crippen molar-refractivity contribution in [2.24, 2.45) is 16.8 Å². The molecule has 0 spiro atoms. The topological polar surface area (TPSA) is 48.9 Å². The Morgan fingerprint density at radius 2 is 1.96 bits per heavy atom. The second-order valence-corrected chi connectivity index (χ2v) is 8.24. The third kappa shape index (κ3) is 8.15. The van der Waals surface area contributed by atoms with Gasteiger partial charge in [-0.2, -0.15) is 0 Å². The van der Waals surface area contributed by atoms with E-state index in [9.17, 15) is 0 Å². The lowest BCUT2D eigenvalue weighted by molar-refractivity contribution is 0.123. The molecule has 0 amide bonds. The van der Waals surface area contributed by atoms with Crippen LogP contribution in [-0.2, 0) is 4.74 Å². The number of nitrogens with one attached hydrogen (secondary N) is 2. The predicted molar refractivity (Wildman–Crippen MR) is 127 cm³/mol. The Morgan fingerprint density at radius 1 is 1.19 bits per heavy atom. The van der Waals surface area contributed by atoms with Crippen molar-refractivity contribution in [2.75, 3.05) is 51.3 Å². The van der Waals surface area contributed by atoms with Crippen molar-refractivity contribution in [3.8, 4) is 0 Å². The molecule has 1 saturated carbocycles. The van der Waals surface area contributed by atoms with Crippen molar-refractivity contribution in [1.82, 2.24) is 10.6 Å². The second kappa shape index (κ2) is 12.1. The normalized spacial score (nSPS) is 19.7. The van der Waals surface area contributed by atoms with Crippen LogP contribution >= 0.6 is 39.9 Å². The van der Waals surface area contributed by atoms with Gasteiger partial charge in [0, 0.05) is 56.6 Å². The smallest absolute Gasteiger partial charge is 0.190 e. The Hall–Kier alpha value is -0.540. The lowest BCUT2D eigenvalue weighted by Gasteiger charge is -2.19. The SMILES string of the molecule is CN=C(NCCCOCC1CC1)NCC1CCN(c2ccc(Br)cc2)C1.I. The quantitative estimate of drug-likeness (QED) is 0.212. The van der Waals surface area contributed by atoms with Crippen LogP contribution in [0.5, 0.6) is 0 Å². The van der Waals surface area contributed by atoms with Crippen molar-refractivity contribution in [3.63, 3.8) is 0 Å². The van der Waals surface area contributed by atoms with E-state index in [-0.39, 0.29) is 24.0 Å². The Morgan fingerprint density at radius 3 is 2.67 bits per heavy atom. The molecule has 0 bridgehead atoms. The van der Waals surface area contributed by atoms with Gasteiger partial charge < -0.3 is 20.3 Å². The largest absolute Gasteiger partial charge is 0.381 e. The average molecular weight is 551 g/mol. The van der Waals surface area contributed by atoms with E-state index >= 15 is 0 Å². The van der Waals surface area contributed by atoms with Crippen LogP contribution in [-0.4, -0.2) is 52.4 Å². The average Bonchev–Trinajstić information content (AvgIpc) is 3.36. The highest BCUT2D eigenvalue weighted by molar-refractivity contribution is 14.0. The van der Waals surface area contributed by atoms with Gasteiger partial charge in [-0.25, -0.2) is 0 Å². The molecule has 3 rings (SSSR count). The van der Waals surface area contributed by atoms with Gasteiger partial charge >= 0.3 is 0 Å². The molecule has 2 N–H and O–H groups in total. The number of anilines is 1. The molecule has 1 aromatic rings. The first-order valence-corrected chi connectivity index (χ1v) is 10.6. The van der Waals surface area contributed by atoms with E-state index < -0.39 is 0 Å². The van der Waals surface area contributed by atoms with E-state index in [4.69, 9.17) is 4.74 Å². The lowest BCUT2D eigenvalue weighted by atomic mass is 10.1. The van der Waals surface area contributed by atoms with E-state index in [1.165, 1.54) is 24.9 Å². The molecule has 1 saturated heterocycles. The minimum Gasteiger partial charge on any atom is -0.381 e. The van der Waals surface area contributed by atoms with Gasteiger partial charge in [-0.1, -0.05) is 15.9 Å². The van der Waals surface area contributed by atoms with Gasteiger partial charge in [-0.05, 0) is 61.8 Å². The summed E-state index contributed by atoms with van der Waals surface area (Å²) < 4.78 is 6.80. The van der Waals surface area contributed by atoms with Crippen LogP contribution in [0, 0.1) is 11.8 Å². The summed E-state index contributed by atoms with van der Waals surface area (Å²) in [4.78, 5) is 6.79. The Bertz CT molecular complexity index is 580. The minimum atomic E-state index is 0. The van der Waals surface area contributed by atoms with Gasteiger partial charge in [0.25, 0.3) is 0 Å². The fraction of sp³-hybridized carbons (Fsp3) is 0.650. The fourth-order valence-electron chi connectivity index (χ4n) is 3.26. The van der Waals surface area contributed by atoms with Crippen LogP contribution in [0.15, 0.2) is 33.7 Å². The molecule has 1 atom stereocenters. The summed E-state index contributed by atoms with van der Waals surface area (Å²) in [6.45, 7) is 5.87. The summed E-state index contributed by atoms with van der Waals surface area (Å²) in [5.41, 5.74) is 1.31. The third-order valence-electron chi connectivity index (χ3n) is 5.07. The molecule has 27 heavy (non-hydrogen) atoms. The first kappa shape index (κ1) is 22.7. The molecule has 7 heteroatoms. The maximum atomic E-state index is 5.67. The molecule has 1 aliphatic heterocycles. The van der Waals surface area contributed by atoms with E-state index in [0.717, 1.165) is 62.2 Å². The summed E-state index contributed by atoms with van der Waals surface area (Å²) in [7, 11) is 1.84. The van der Waals surface area contributed by atoms with Gasteiger partial charge in [-0.15, -0.1) is 24.0 Å². The number of rotatable bonds is 9. The highest BCUT2D eigenvalue weighted by atomic mass is 127. The van der Waals surface area contributed by atoms with Gasteiger partial charge in [0.05, 0.1) is 0 Å². The monoisotopic (exact) mass is 550 g/mol. The maximum absolute atomic E-state index is 5.67. The van der Waals surface area contributed by atoms with Crippen LogP contribution in [0.4, 0.5) is 5.69 Å². The van der Waals surface area contributed by atoms with Gasteiger partial charge in [0.1, 0.15) is 0 Å². The first-order valence-electron chi connectivity index (χ1n) is 9.77. The highest BCUT2D eigenvalue weighted by Crippen LogP contribution is 2.28. The van der Waals surface area contributed by atoms with Crippen molar-refractivity contribution >= 4 is 51.6 Å². The highest BCUT2D eigenvalue weighted by Gasteiger charge is 2.23. The molecule has 1 aromatic carbocycles. The maximum Gasteiger partial charge on any atom is 0.190 e.